The van der Waals surface area contributed by atoms with Crippen LogP contribution in [0.25, 0.3) is 10.9 Å². The van der Waals surface area contributed by atoms with Gasteiger partial charge in [0.2, 0.25) is 0 Å². The van der Waals surface area contributed by atoms with Crippen LogP contribution in [0.2, 0.25) is 5.02 Å². The molecule has 1 aromatic heterocycles. The zero-order chi connectivity index (χ0) is 11.1. The van der Waals surface area contributed by atoms with Crippen molar-refractivity contribution in [3.63, 3.8) is 0 Å². The quantitative estimate of drug-likeness (QED) is 0.801. The second-order valence-corrected chi connectivity index (χ2v) is 4.84. The van der Waals surface area contributed by atoms with Crippen molar-refractivity contribution in [3.8, 4) is 0 Å². The summed E-state index contributed by atoms with van der Waals surface area (Å²) < 4.78 is 2.44. The Hall–Kier alpha value is -0.990. The van der Waals surface area contributed by atoms with Gasteiger partial charge >= 0.3 is 0 Å². The molecule has 0 saturated heterocycles. The fourth-order valence-electron chi connectivity index (χ4n) is 2.60. The first-order chi connectivity index (χ1) is 7.79. The molecule has 3 rings (SSSR count). The van der Waals surface area contributed by atoms with Gasteiger partial charge in [-0.15, -0.1) is 0 Å². The first-order valence-corrected chi connectivity index (χ1v) is 6.17. The average Bonchev–Trinajstić information content (AvgIpc) is 2.66. The van der Waals surface area contributed by atoms with Crippen LogP contribution in [0.3, 0.4) is 0 Å². The molecule has 0 spiro atoms. The van der Waals surface area contributed by atoms with Gasteiger partial charge in [-0.25, -0.2) is 0 Å². The van der Waals surface area contributed by atoms with Gasteiger partial charge in [0, 0.05) is 35.2 Å². The molecule has 1 aliphatic heterocycles. The molecule has 0 saturated carbocycles. The zero-order valence-corrected chi connectivity index (χ0v) is 10.1. The standard InChI is InChI=1S/C13H15ClN2/c1-2-11-7-15-8-12-5-9-3-4-10(14)6-13(9)16(11)12/h3-6,11,15H,2,7-8H2,1H3. The van der Waals surface area contributed by atoms with E-state index in [1.165, 1.54) is 16.6 Å². The molecular formula is C13H15ClN2. The summed E-state index contributed by atoms with van der Waals surface area (Å²) in [6.45, 7) is 4.25. The molecular weight excluding hydrogens is 220 g/mol. The Kier molecular flexibility index (Phi) is 2.41. The Morgan fingerprint density at radius 2 is 2.31 bits per heavy atom. The van der Waals surface area contributed by atoms with Gasteiger partial charge in [-0.05, 0) is 24.6 Å². The minimum Gasteiger partial charge on any atom is -0.339 e. The molecule has 0 fully saturated rings. The number of halogens is 1. The monoisotopic (exact) mass is 234 g/mol. The number of fused-ring (bicyclic) bond motifs is 3. The first kappa shape index (κ1) is 10.2. The van der Waals surface area contributed by atoms with Gasteiger partial charge in [0.1, 0.15) is 0 Å². The summed E-state index contributed by atoms with van der Waals surface area (Å²) in [5.74, 6) is 0. The number of nitrogens with one attached hydrogen (secondary N) is 1. The van der Waals surface area contributed by atoms with Crippen molar-refractivity contribution in [2.24, 2.45) is 0 Å². The third-order valence-corrected chi connectivity index (χ3v) is 3.64. The Balaban J connectivity index is 2.27. The number of hydrogen-bond donors (Lipinski definition) is 1. The lowest BCUT2D eigenvalue weighted by Crippen LogP contribution is -2.32. The second kappa shape index (κ2) is 3.79. The third-order valence-electron chi connectivity index (χ3n) is 3.41. The number of benzene rings is 1. The Morgan fingerprint density at radius 1 is 1.44 bits per heavy atom. The molecule has 2 heterocycles. The molecule has 1 aliphatic rings. The van der Waals surface area contributed by atoms with E-state index in [0.717, 1.165) is 24.5 Å². The summed E-state index contributed by atoms with van der Waals surface area (Å²) >= 11 is 6.08. The van der Waals surface area contributed by atoms with E-state index in [1.54, 1.807) is 0 Å². The topological polar surface area (TPSA) is 17.0 Å². The van der Waals surface area contributed by atoms with Gasteiger partial charge in [0.25, 0.3) is 0 Å². The van der Waals surface area contributed by atoms with E-state index < -0.39 is 0 Å². The third kappa shape index (κ3) is 1.45. The highest BCUT2D eigenvalue weighted by Gasteiger charge is 2.20. The molecule has 0 amide bonds. The number of rotatable bonds is 1. The molecule has 16 heavy (non-hydrogen) atoms. The molecule has 1 aromatic carbocycles. The molecule has 1 N–H and O–H groups in total. The van der Waals surface area contributed by atoms with E-state index in [2.05, 4.69) is 35.0 Å². The smallest absolute Gasteiger partial charge is 0.0500 e. The van der Waals surface area contributed by atoms with Crippen molar-refractivity contribution in [2.45, 2.75) is 25.9 Å². The summed E-state index contributed by atoms with van der Waals surface area (Å²) in [4.78, 5) is 0. The minimum atomic E-state index is 0.555. The van der Waals surface area contributed by atoms with Crippen LogP contribution in [-0.4, -0.2) is 11.1 Å². The van der Waals surface area contributed by atoms with Gasteiger partial charge in [0.15, 0.2) is 0 Å². The molecule has 1 atom stereocenters. The fraction of sp³-hybridized carbons (Fsp3) is 0.385. The normalized spacial score (nSPS) is 20.0. The summed E-state index contributed by atoms with van der Waals surface area (Å²) in [7, 11) is 0. The zero-order valence-electron chi connectivity index (χ0n) is 9.33. The number of nitrogens with zero attached hydrogens (tertiary/aromatic N) is 1. The maximum Gasteiger partial charge on any atom is 0.0500 e. The van der Waals surface area contributed by atoms with E-state index in [1.807, 2.05) is 6.07 Å². The van der Waals surface area contributed by atoms with E-state index >= 15 is 0 Å². The van der Waals surface area contributed by atoms with Crippen molar-refractivity contribution >= 4 is 22.5 Å². The predicted molar refractivity (Wildman–Crippen MR) is 68.0 cm³/mol. The lowest BCUT2D eigenvalue weighted by molar-refractivity contribution is 0.402. The van der Waals surface area contributed by atoms with Crippen LogP contribution in [0.5, 0.6) is 0 Å². The molecule has 0 aliphatic carbocycles. The first-order valence-electron chi connectivity index (χ1n) is 5.79. The summed E-state index contributed by atoms with van der Waals surface area (Å²) in [6, 6.07) is 8.97. The van der Waals surface area contributed by atoms with Crippen molar-refractivity contribution < 1.29 is 0 Å². The van der Waals surface area contributed by atoms with Crippen LogP contribution in [0, 0.1) is 0 Å². The van der Waals surface area contributed by atoms with Crippen molar-refractivity contribution in [2.75, 3.05) is 6.54 Å². The van der Waals surface area contributed by atoms with Crippen LogP contribution in [0.1, 0.15) is 25.1 Å². The molecule has 3 heteroatoms. The van der Waals surface area contributed by atoms with Crippen LogP contribution in [0.4, 0.5) is 0 Å². The molecule has 0 radical (unpaired) electrons. The van der Waals surface area contributed by atoms with Crippen LogP contribution in [0.15, 0.2) is 24.3 Å². The number of hydrogen-bond acceptors (Lipinski definition) is 1. The van der Waals surface area contributed by atoms with E-state index in [4.69, 9.17) is 11.6 Å². The van der Waals surface area contributed by atoms with Crippen LogP contribution < -0.4 is 5.32 Å². The van der Waals surface area contributed by atoms with Gasteiger partial charge in [0.05, 0.1) is 5.52 Å². The maximum absolute atomic E-state index is 6.08. The summed E-state index contributed by atoms with van der Waals surface area (Å²) in [6.07, 6.45) is 1.15. The van der Waals surface area contributed by atoms with Crippen molar-refractivity contribution in [3.05, 3.63) is 35.0 Å². The number of aromatic nitrogens is 1. The molecule has 0 bridgehead atoms. The second-order valence-electron chi connectivity index (χ2n) is 4.40. The van der Waals surface area contributed by atoms with Crippen LogP contribution >= 0.6 is 11.6 Å². The highest BCUT2D eigenvalue weighted by molar-refractivity contribution is 6.31. The molecule has 1 unspecified atom stereocenters. The fourth-order valence-corrected chi connectivity index (χ4v) is 2.77. The molecule has 2 nitrogen and oxygen atoms in total. The van der Waals surface area contributed by atoms with Crippen LogP contribution in [-0.2, 0) is 6.54 Å². The summed E-state index contributed by atoms with van der Waals surface area (Å²) in [5.41, 5.74) is 2.64. The highest BCUT2D eigenvalue weighted by Crippen LogP contribution is 2.29. The van der Waals surface area contributed by atoms with E-state index in [-0.39, 0.29) is 0 Å². The maximum atomic E-state index is 6.08. The minimum absolute atomic E-state index is 0.555. The highest BCUT2D eigenvalue weighted by atomic mass is 35.5. The van der Waals surface area contributed by atoms with Crippen molar-refractivity contribution in [1.29, 1.82) is 0 Å². The van der Waals surface area contributed by atoms with E-state index in [0.29, 0.717) is 6.04 Å². The van der Waals surface area contributed by atoms with Gasteiger partial charge in [-0.1, -0.05) is 24.6 Å². The Bertz CT molecular complexity index is 530. The SMILES string of the molecule is CCC1CNCc2cc3ccc(Cl)cc3n21. The largest absolute Gasteiger partial charge is 0.339 e. The lowest BCUT2D eigenvalue weighted by atomic mass is 10.1. The predicted octanol–water partition coefficient (Wildman–Crippen LogP) is 3.35. The lowest BCUT2D eigenvalue weighted by Gasteiger charge is -2.27. The van der Waals surface area contributed by atoms with E-state index in [9.17, 15) is 0 Å². The molecule has 2 aromatic rings. The summed E-state index contributed by atoms with van der Waals surface area (Å²) in [5, 5.41) is 5.58. The molecule has 84 valence electrons. The van der Waals surface area contributed by atoms with Gasteiger partial charge in [-0.2, -0.15) is 0 Å². The Morgan fingerprint density at radius 3 is 3.12 bits per heavy atom. The Labute approximate surface area is 100 Å². The van der Waals surface area contributed by atoms with Gasteiger partial charge in [-0.3, -0.25) is 0 Å². The van der Waals surface area contributed by atoms with Gasteiger partial charge < -0.3 is 9.88 Å². The average molecular weight is 235 g/mol. The van der Waals surface area contributed by atoms with Crippen molar-refractivity contribution in [1.82, 2.24) is 9.88 Å².